The smallest absolute Gasteiger partial charge is 0.408 e. The standard InChI is InChI=1S/C22H31F2N5O2/c1-13(2)18(25)15-10-17-27-16(12-29(17)26-11-15)19(28-20(30)31-21(3,4)5)14-6-8-22(23,24)9-7-14/h10-12,14,18-19H,1,6-9,25H2,2-5H3,(H,28,30)/t18?,19-/m0/s1. The molecular weight excluding hydrogens is 404 g/mol. The van der Waals surface area contributed by atoms with Crippen LogP contribution in [0.2, 0.25) is 0 Å². The maximum atomic E-state index is 13.7. The van der Waals surface area contributed by atoms with E-state index in [-0.39, 0.29) is 37.6 Å². The minimum atomic E-state index is -2.67. The lowest BCUT2D eigenvalue weighted by Gasteiger charge is -2.33. The summed E-state index contributed by atoms with van der Waals surface area (Å²) in [7, 11) is 0. The van der Waals surface area contributed by atoms with Crippen LogP contribution in [-0.2, 0) is 4.74 Å². The Bertz CT molecular complexity index is 956. The van der Waals surface area contributed by atoms with Crippen LogP contribution in [0.25, 0.3) is 5.65 Å². The second kappa shape index (κ2) is 8.53. The van der Waals surface area contributed by atoms with E-state index in [4.69, 9.17) is 10.5 Å². The maximum absolute atomic E-state index is 13.7. The summed E-state index contributed by atoms with van der Waals surface area (Å²) in [5.41, 5.74) is 8.14. The minimum Gasteiger partial charge on any atom is -0.444 e. The number of nitrogens with one attached hydrogen (secondary N) is 1. The van der Waals surface area contributed by atoms with Crippen molar-refractivity contribution in [1.29, 1.82) is 0 Å². The van der Waals surface area contributed by atoms with Crippen molar-refractivity contribution in [3.8, 4) is 0 Å². The van der Waals surface area contributed by atoms with E-state index in [2.05, 4.69) is 22.0 Å². The monoisotopic (exact) mass is 435 g/mol. The first-order chi connectivity index (χ1) is 14.3. The van der Waals surface area contributed by atoms with Crippen molar-refractivity contribution < 1.29 is 18.3 Å². The summed E-state index contributed by atoms with van der Waals surface area (Å²) in [5, 5.41) is 7.22. The lowest BCUT2D eigenvalue weighted by atomic mass is 9.81. The van der Waals surface area contributed by atoms with Crippen LogP contribution in [0.15, 0.2) is 30.6 Å². The molecule has 2 aromatic heterocycles. The first kappa shape index (κ1) is 23.1. The number of amides is 1. The van der Waals surface area contributed by atoms with Gasteiger partial charge in [-0.2, -0.15) is 5.10 Å². The zero-order valence-corrected chi connectivity index (χ0v) is 18.5. The Morgan fingerprint density at radius 3 is 2.61 bits per heavy atom. The number of imidazole rings is 1. The van der Waals surface area contributed by atoms with Crippen molar-refractivity contribution in [2.75, 3.05) is 0 Å². The zero-order chi connectivity index (χ0) is 23.0. The fourth-order valence-electron chi connectivity index (χ4n) is 3.78. The fourth-order valence-corrected chi connectivity index (χ4v) is 3.78. The molecular formula is C22H31F2N5O2. The third kappa shape index (κ3) is 5.78. The molecule has 1 aliphatic carbocycles. The molecule has 170 valence electrons. The molecule has 0 aromatic carbocycles. The molecule has 1 amide bonds. The lowest BCUT2D eigenvalue weighted by Crippen LogP contribution is -2.40. The lowest BCUT2D eigenvalue weighted by molar-refractivity contribution is -0.0500. The van der Waals surface area contributed by atoms with Gasteiger partial charge in [0, 0.05) is 12.8 Å². The summed E-state index contributed by atoms with van der Waals surface area (Å²) in [6.07, 6.45) is 2.88. The van der Waals surface area contributed by atoms with Gasteiger partial charge >= 0.3 is 6.09 Å². The Kier molecular flexibility index (Phi) is 6.36. The van der Waals surface area contributed by atoms with E-state index < -0.39 is 23.7 Å². The summed E-state index contributed by atoms with van der Waals surface area (Å²) < 4.78 is 34.4. The molecule has 9 heteroatoms. The number of alkyl carbamates (subject to hydrolysis) is 1. The summed E-state index contributed by atoms with van der Waals surface area (Å²) in [5.74, 6) is -2.85. The van der Waals surface area contributed by atoms with E-state index in [0.717, 1.165) is 11.1 Å². The number of alkyl halides is 2. The number of nitrogens with two attached hydrogens (primary N) is 1. The number of carbonyl (C=O) groups excluding carboxylic acids is 1. The van der Waals surface area contributed by atoms with Crippen molar-refractivity contribution in [3.63, 3.8) is 0 Å². The van der Waals surface area contributed by atoms with Crippen molar-refractivity contribution in [2.24, 2.45) is 11.7 Å². The van der Waals surface area contributed by atoms with Crippen LogP contribution >= 0.6 is 0 Å². The number of aromatic nitrogens is 3. The van der Waals surface area contributed by atoms with E-state index in [9.17, 15) is 13.6 Å². The van der Waals surface area contributed by atoms with Crippen molar-refractivity contribution in [3.05, 3.63) is 41.9 Å². The average Bonchev–Trinajstić information content (AvgIpc) is 3.07. The Labute approximate surface area is 181 Å². The van der Waals surface area contributed by atoms with Crippen molar-refractivity contribution >= 4 is 11.7 Å². The van der Waals surface area contributed by atoms with Gasteiger partial charge in [-0.25, -0.2) is 23.1 Å². The molecule has 0 aliphatic heterocycles. The van der Waals surface area contributed by atoms with Gasteiger partial charge in [0.2, 0.25) is 5.92 Å². The quantitative estimate of drug-likeness (QED) is 0.664. The normalized spacial score (nSPS) is 19.1. The summed E-state index contributed by atoms with van der Waals surface area (Å²) >= 11 is 0. The number of halogens is 2. The molecule has 0 saturated heterocycles. The number of nitrogens with zero attached hydrogens (tertiary/aromatic N) is 3. The number of carbonyl (C=O) groups is 1. The van der Waals surface area contributed by atoms with E-state index in [1.165, 1.54) is 0 Å². The highest BCUT2D eigenvalue weighted by molar-refractivity contribution is 5.68. The fraction of sp³-hybridized carbons (Fsp3) is 0.591. The molecule has 1 saturated carbocycles. The number of hydrogen-bond acceptors (Lipinski definition) is 5. The molecule has 0 bridgehead atoms. The van der Waals surface area contributed by atoms with Gasteiger partial charge in [0.25, 0.3) is 0 Å². The van der Waals surface area contributed by atoms with E-state index in [1.54, 1.807) is 37.7 Å². The Morgan fingerprint density at radius 2 is 2.03 bits per heavy atom. The topological polar surface area (TPSA) is 94.5 Å². The molecule has 1 unspecified atom stereocenters. The number of fused-ring (bicyclic) bond motifs is 1. The largest absolute Gasteiger partial charge is 0.444 e. The number of hydrogen-bond donors (Lipinski definition) is 2. The first-order valence-corrected chi connectivity index (χ1v) is 10.5. The molecule has 2 atom stereocenters. The second-order valence-corrected chi connectivity index (χ2v) is 9.40. The van der Waals surface area contributed by atoms with Crippen LogP contribution in [-0.4, -0.2) is 32.2 Å². The minimum absolute atomic E-state index is 0.186. The average molecular weight is 436 g/mol. The molecule has 1 aliphatic rings. The molecule has 31 heavy (non-hydrogen) atoms. The summed E-state index contributed by atoms with van der Waals surface area (Å²) in [6, 6.07) is 0.884. The van der Waals surface area contributed by atoms with Crippen LogP contribution in [0.3, 0.4) is 0 Å². The molecule has 3 N–H and O–H groups in total. The third-order valence-corrected chi connectivity index (χ3v) is 5.47. The highest BCUT2D eigenvalue weighted by Gasteiger charge is 2.39. The zero-order valence-electron chi connectivity index (χ0n) is 18.5. The highest BCUT2D eigenvalue weighted by Crippen LogP contribution is 2.41. The van der Waals surface area contributed by atoms with Crippen LogP contribution in [0, 0.1) is 5.92 Å². The van der Waals surface area contributed by atoms with Crippen LogP contribution < -0.4 is 11.1 Å². The van der Waals surface area contributed by atoms with E-state index in [1.807, 2.05) is 13.0 Å². The van der Waals surface area contributed by atoms with Gasteiger partial charge in [-0.1, -0.05) is 12.2 Å². The Morgan fingerprint density at radius 1 is 1.39 bits per heavy atom. The van der Waals surface area contributed by atoms with Gasteiger partial charge in [0.1, 0.15) is 5.60 Å². The predicted molar refractivity (Wildman–Crippen MR) is 114 cm³/mol. The van der Waals surface area contributed by atoms with E-state index >= 15 is 0 Å². The molecule has 2 heterocycles. The Balaban J connectivity index is 1.91. The van der Waals surface area contributed by atoms with Gasteiger partial charge in [-0.3, -0.25) is 0 Å². The van der Waals surface area contributed by atoms with Gasteiger partial charge in [0.05, 0.1) is 30.2 Å². The van der Waals surface area contributed by atoms with Gasteiger partial charge in [-0.05, 0) is 58.1 Å². The summed E-state index contributed by atoms with van der Waals surface area (Å²) in [4.78, 5) is 17.1. The first-order valence-electron chi connectivity index (χ1n) is 10.5. The highest BCUT2D eigenvalue weighted by atomic mass is 19.3. The van der Waals surface area contributed by atoms with Crippen LogP contribution in [0.5, 0.6) is 0 Å². The van der Waals surface area contributed by atoms with Crippen LogP contribution in [0.4, 0.5) is 13.6 Å². The number of rotatable bonds is 5. The van der Waals surface area contributed by atoms with Gasteiger partial charge in [-0.15, -0.1) is 0 Å². The number of ether oxygens (including phenoxy) is 1. The SMILES string of the molecule is C=C(C)C(N)c1cnn2cc([C@@H](NC(=O)OC(C)(C)C)C3CCC(F)(F)CC3)nc2c1. The van der Waals surface area contributed by atoms with Gasteiger partial charge < -0.3 is 15.8 Å². The van der Waals surface area contributed by atoms with Crippen molar-refractivity contribution in [1.82, 2.24) is 19.9 Å². The van der Waals surface area contributed by atoms with E-state index in [0.29, 0.717) is 11.3 Å². The summed E-state index contributed by atoms with van der Waals surface area (Å²) in [6.45, 7) is 11.0. The molecule has 0 radical (unpaired) electrons. The Hall–Kier alpha value is -2.55. The second-order valence-electron chi connectivity index (χ2n) is 9.40. The van der Waals surface area contributed by atoms with Gasteiger partial charge in [0.15, 0.2) is 5.65 Å². The molecule has 3 rings (SSSR count). The predicted octanol–water partition coefficient (Wildman–Crippen LogP) is 4.70. The van der Waals surface area contributed by atoms with Crippen molar-refractivity contribution in [2.45, 2.75) is 77.0 Å². The maximum Gasteiger partial charge on any atom is 0.408 e. The van der Waals surface area contributed by atoms with Crippen LogP contribution in [0.1, 0.15) is 76.7 Å². The molecule has 7 nitrogen and oxygen atoms in total. The molecule has 1 fully saturated rings. The third-order valence-electron chi connectivity index (χ3n) is 5.47. The molecule has 0 spiro atoms. The molecule has 2 aromatic rings.